The Kier molecular flexibility index (Phi) is 3.25. The Morgan fingerprint density at radius 1 is 1.29 bits per heavy atom. The third-order valence-corrected chi connectivity index (χ3v) is 3.72. The minimum Gasteiger partial charge on any atom is -0.496 e. The molecule has 1 aliphatic heterocycles. The highest BCUT2D eigenvalue weighted by molar-refractivity contribution is 5.99. The average molecular weight is 286 g/mol. The van der Waals surface area contributed by atoms with Crippen molar-refractivity contribution in [3.05, 3.63) is 58.9 Å². The van der Waals surface area contributed by atoms with E-state index in [-0.39, 0.29) is 18.3 Å². The predicted molar refractivity (Wildman–Crippen MR) is 77.4 cm³/mol. The van der Waals surface area contributed by atoms with E-state index in [0.717, 1.165) is 5.56 Å². The van der Waals surface area contributed by atoms with Crippen LogP contribution in [0.4, 0.5) is 10.1 Å². The molecule has 4 nitrogen and oxygen atoms in total. The maximum Gasteiger partial charge on any atom is 0.254 e. The van der Waals surface area contributed by atoms with Crippen molar-refractivity contribution >= 4 is 11.6 Å². The molecule has 0 fully saturated rings. The van der Waals surface area contributed by atoms with Gasteiger partial charge in [0.15, 0.2) is 0 Å². The van der Waals surface area contributed by atoms with E-state index in [0.29, 0.717) is 29.1 Å². The van der Waals surface area contributed by atoms with Crippen molar-refractivity contribution in [3.8, 4) is 5.75 Å². The smallest absolute Gasteiger partial charge is 0.254 e. The number of carbonyl (C=O) groups is 1. The van der Waals surface area contributed by atoms with Gasteiger partial charge in [-0.1, -0.05) is 12.1 Å². The third-order valence-electron chi connectivity index (χ3n) is 3.72. The van der Waals surface area contributed by atoms with Crippen LogP contribution in [0.2, 0.25) is 0 Å². The number of hydrogen-bond donors (Lipinski definition) is 1. The summed E-state index contributed by atoms with van der Waals surface area (Å²) in [4.78, 5) is 13.9. The summed E-state index contributed by atoms with van der Waals surface area (Å²) in [5, 5.41) is 0. The van der Waals surface area contributed by atoms with Crippen LogP contribution < -0.4 is 10.5 Å². The normalized spacial score (nSPS) is 13.4. The van der Waals surface area contributed by atoms with Crippen LogP contribution in [0.5, 0.6) is 5.75 Å². The number of methoxy groups -OCH3 is 1. The van der Waals surface area contributed by atoms with Crippen LogP contribution in [0.25, 0.3) is 0 Å². The Morgan fingerprint density at radius 3 is 2.76 bits per heavy atom. The lowest BCUT2D eigenvalue weighted by Gasteiger charge is -2.18. The second-order valence-corrected chi connectivity index (χ2v) is 4.96. The molecule has 0 unspecified atom stereocenters. The second kappa shape index (κ2) is 5.09. The van der Waals surface area contributed by atoms with Crippen LogP contribution in [0.15, 0.2) is 36.4 Å². The molecule has 0 bridgehead atoms. The summed E-state index contributed by atoms with van der Waals surface area (Å²) >= 11 is 0. The lowest BCUT2D eigenvalue weighted by molar-refractivity contribution is 0.0764. The molecule has 1 heterocycles. The molecule has 2 N–H and O–H groups in total. The van der Waals surface area contributed by atoms with Gasteiger partial charge in [-0.15, -0.1) is 0 Å². The van der Waals surface area contributed by atoms with Crippen molar-refractivity contribution in [3.63, 3.8) is 0 Å². The highest BCUT2D eigenvalue weighted by Crippen LogP contribution is 2.31. The molecule has 2 aromatic carbocycles. The SMILES string of the molecule is COc1cccc(F)c1CN1Cc2c(N)cccc2C1=O. The van der Waals surface area contributed by atoms with Gasteiger partial charge in [-0.05, 0) is 24.3 Å². The topological polar surface area (TPSA) is 55.6 Å². The summed E-state index contributed by atoms with van der Waals surface area (Å²) < 4.78 is 19.2. The fourth-order valence-electron chi connectivity index (χ4n) is 2.62. The van der Waals surface area contributed by atoms with Crippen molar-refractivity contribution in [1.82, 2.24) is 4.90 Å². The summed E-state index contributed by atoms with van der Waals surface area (Å²) in [6.45, 7) is 0.543. The number of nitrogens with two attached hydrogens (primary N) is 1. The van der Waals surface area contributed by atoms with Crippen LogP contribution in [0.1, 0.15) is 21.5 Å². The van der Waals surface area contributed by atoms with Crippen LogP contribution in [-0.4, -0.2) is 17.9 Å². The van der Waals surface area contributed by atoms with Crippen LogP contribution in [0.3, 0.4) is 0 Å². The molecular formula is C16H15FN2O2. The van der Waals surface area contributed by atoms with Gasteiger partial charge in [0.2, 0.25) is 0 Å². The van der Waals surface area contributed by atoms with Gasteiger partial charge in [0.05, 0.1) is 13.7 Å². The molecule has 0 aliphatic carbocycles. The van der Waals surface area contributed by atoms with E-state index in [1.54, 1.807) is 35.2 Å². The van der Waals surface area contributed by atoms with Crippen molar-refractivity contribution in [2.75, 3.05) is 12.8 Å². The van der Waals surface area contributed by atoms with Crippen molar-refractivity contribution in [2.45, 2.75) is 13.1 Å². The lowest BCUT2D eigenvalue weighted by Crippen LogP contribution is -2.24. The summed E-state index contributed by atoms with van der Waals surface area (Å²) in [5.74, 6) is -0.0830. The molecular weight excluding hydrogens is 271 g/mol. The van der Waals surface area contributed by atoms with Gasteiger partial charge >= 0.3 is 0 Å². The standard InChI is InChI=1S/C16H15FN2O2/c1-21-15-7-3-5-13(17)12(15)9-19-8-11-10(16(19)20)4-2-6-14(11)18/h2-7H,8-9,18H2,1H3. The van der Waals surface area contributed by atoms with E-state index in [9.17, 15) is 9.18 Å². The lowest BCUT2D eigenvalue weighted by atomic mass is 10.1. The maximum absolute atomic E-state index is 14.0. The van der Waals surface area contributed by atoms with E-state index in [2.05, 4.69) is 0 Å². The number of anilines is 1. The Bertz CT molecular complexity index is 715. The molecule has 1 aliphatic rings. The first-order chi connectivity index (χ1) is 10.1. The molecule has 1 amide bonds. The number of rotatable bonds is 3. The van der Waals surface area contributed by atoms with Crippen molar-refractivity contribution < 1.29 is 13.9 Å². The number of ether oxygens (including phenoxy) is 1. The molecule has 2 aromatic rings. The van der Waals surface area contributed by atoms with Gasteiger partial charge < -0.3 is 15.4 Å². The molecule has 0 saturated heterocycles. The van der Waals surface area contributed by atoms with Gasteiger partial charge in [0.25, 0.3) is 5.91 Å². The number of nitrogens with zero attached hydrogens (tertiary/aromatic N) is 1. The quantitative estimate of drug-likeness (QED) is 0.882. The molecule has 0 saturated carbocycles. The Labute approximate surface area is 121 Å². The van der Waals surface area contributed by atoms with Crippen LogP contribution in [0, 0.1) is 5.82 Å². The fourth-order valence-corrected chi connectivity index (χ4v) is 2.62. The van der Waals surface area contributed by atoms with Gasteiger partial charge in [0.1, 0.15) is 11.6 Å². The molecule has 21 heavy (non-hydrogen) atoms. The van der Waals surface area contributed by atoms with E-state index < -0.39 is 0 Å². The van der Waals surface area contributed by atoms with E-state index >= 15 is 0 Å². The van der Waals surface area contributed by atoms with Crippen molar-refractivity contribution in [1.29, 1.82) is 0 Å². The first kappa shape index (κ1) is 13.4. The summed E-state index contributed by atoms with van der Waals surface area (Å²) in [7, 11) is 1.48. The molecule has 3 rings (SSSR count). The van der Waals surface area contributed by atoms with Gasteiger partial charge in [-0.2, -0.15) is 0 Å². The second-order valence-electron chi connectivity index (χ2n) is 4.96. The van der Waals surface area contributed by atoms with E-state index in [1.165, 1.54) is 13.2 Å². The number of nitrogen functional groups attached to an aromatic ring is 1. The highest BCUT2D eigenvalue weighted by Gasteiger charge is 2.29. The van der Waals surface area contributed by atoms with Crippen LogP contribution in [-0.2, 0) is 13.1 Å². The first-order valence-electron chi connectivity index (χ1n) is 6.60. The number of fused-ring (bicyclic) bond motifs is 1. The summed E-state index contributed by atoms with van der Waals surface area (Å²) in [5.41, 5.74) is 8.25. The minimum absolute atomic E-state index is 0.136. The molecule has 0 aromatic heterocycles. The minimum atomic E-state index is -0.383. The Hall–Kier alpha value is -2.56. The number of benzene rings is 2. The predicted octanol–water partition coefficient (Wildman–Crippen LogP) is 2.57. The fraction of sp³-hybridized carbons (Fsp3) is 0.188. The zero-order valence-corrected chi connectivity index (χ0v) is 11.6. The highest BCUT2D eigenvalue weighted by atomic mass is 19.1. The number of hydrogen-bond acceptors (Lipinski definition) is 3. The van der Waals surface area contributed by atoms with Crippen LogP contribution >= 0.6 is 0 Å². The number of halogens is 1. The van der Waals surface area contributed by atoms with E-state index in [4.69, 9.17) is 10.5 Å². The van der Waals surface area contributed by atoms with Gasteiger partial charge in [-0.3, -0.25) is 4.79 Å². The van der Waals surface area contributed by atoms with Gasteiger partial charge in [-0.25, -0.2) is 4.39 Å². The molecule has 0 radical (unpaired) electrons. The zero-order chi connectivity index (χ0) is 15.0. The third kappa shape index (κ3) is 2.20. The molecule has 108 valence electrons. The summed E-state index contributed by atoms with van der Waals surface area (Å²) in [6.07, 6.45) is 0. The number of carbonyl (C=O) groups excluding carboxylic acids is 1. The monoisotopic (exact) mass is 286 g/mol. The number of amides is 1. The average Bonchev–Trinajstić information content (AvgIpc) is 2.80. The van der Waals surface area contributed by atoms with Gasteiger partial charge in [0, 0.05) is 28.9 Å². The summed E-state index contributed by atoms with van der Waals surface area (Å²) in [6, 6.07) is 9.88. The van der Waals surface area contributed by atoms with Crippen molar-refractivity contribution in [2.24, 2.45) is 0 Å². The maximum atomic E-state index is 14.0. The Balaban J connectivity index is 1.92. The Morgan fingerprint density at radius 2 is 2.05 bits per heavy atom. The molecule has 0 atom stereocenters. The molecule has 5 heteroatoms. The first-order valence-corrected chi connectivity index (χ1v) is 6.60. The van der Waals surface area contributed by atoms with E-state index in [1.807, 2.05) is 0 Å². The molecule has 0 spiro atoms. The zero-order valence-electron chi connectivity index (χ0n) is 11.6. The largest absolute Gasteiger partial charge is 0.496 e.